The van der Waals surface area contributed by atoms with Crippen molar-refractivity contribution in [2.24, 2.45) is 0 Å². The van der Waals surface area contributed by atoms with Gasteiger partial charge in [0.1, 0.15) is 0 Å². The molecule has 2 aromatic carbocycles. The first-order valence-electron chi connectivity index (χ1n) is 8.87. The molecular formula is C20H20N6O3. The minimum Gasteiger partial charge on any atom is -0.493 e. The Bertz CT molecular complexity index is 1320. The standard InChI is InChI=1S/C20H20N6O3/c1-9-5-11(21)6-13-17(9)24-20(25-18(13)27)26-19-22-10(2)12-7-15(28-3)16(29-4)8-14(12)23-19/h5-8H,21H2,1-4H3,(H2,22,23,24,25,26,27). The molecule has 0 radical (unpaired) electrons. The Hall–Kier alpha value is -3.88. The van der Waals surface area contributed by atoms with E-state index in [0.717, 1.165) is 16.6 Å². The molecule has 0 unspecified atom stereocenters. The van der Waals surface area contributed by atoms with Crippen molar-refractivity contribution in [1.29, 1.82) is 0 Å². The van der Waals surface area contributed by atoms with E-state index in [-0.39, 0.29) is 11.5 Å². The van der Waals surface area contributed by atoms with E-state index in [1.807, 2.05) is 19.9 Å². The molecule has 2 aromatic heterocycles. The number of fused-ring (bicyclic) bond motifs is 2. The van der Waals surface area contributed by atoms with Gasteiger partial charge in [-0.05, 0) is 37.6 Å². The zero-order valence-corrected chi connectivity index (χ0v) is 16.5. The van der Waals surface area contributed by atoms with Gasteiger partial charge in [0, 0.05) is 17.1 Å². The second-order valence-electron chi connectivity index (χ2n) is 6.63. The molecule has 9 nitrogen and oxygen atoms in total. The van der Waals surface area contributed by atoms with Crippen molar-refractivity contribution < 1.29 is 9.47 Å². The summed E-state index contributed by atoms with van der Waals surface area (Å²) in [5.74, 6) is 1.71. The molecule has 0 bridgehead atoms. The van der Waals surface area contributed by atoms with Crippen molar-refractivity contribution in [1.82, 2.24) is 19.9 Å². The number of H-pyrrole nitrogens is 1. The highest BCUT2D eigenvalue weighted by molar-refractivity contribution is 5.87. The van der Waals surface area contributed by atoms with Crippen molar-refractivity contribution in [3.8, 4) is 11.5 Å². The van der Waals surface area contributed by atoms with Gasteiger partial charge in [-0.3, -0.25) is 15.1 Å². The van der Waals surface area contributed by atoms with Gasteiger partial charge in [-0.15, -0.1) is 0 Å². The lowest BCUT2D eigenvalue weighted by atomic mass is 10.1. The number of aromatic nitrogens is 4. The zero-order valence-electron chi connectivity index (χ0n) is 16.5. The lowest BCUT2D eigenvalue weighted by Gasteiger charge is -2.12. The smallest absolute Gasteiger partial charge is 0.260 e. The van der Waals surface area contributed by atoms with Crippen LogP contribution in [0.15, 0.2) is 29.1 Å². The molecule has 0 fully saturated rings. The molecule has 29 heavy (non-hydrogen) atoms. The van der Waals surface area contributed by atoms with E-state index in [1.165, 1.54) is 0 Å². The zero-order chi connectivity index (χ0) is 20.7. The van der Waals surface area contributed by atoms with E-state index in [1.54, 1.807) is 32.4 Å². The van der Waals surface area contributed by atoms with Gasteiger partial charge in [0.25, 0.3) is 5.56 Å². The van der Waals surface area contributed by atoms with Gasteiger partial charge in [0.15, 0.2) is 11.5 Å². The maximum atomic E-state index is 12.5. The number of anilines is 3. The van der Waals surface area contributed by atoms with Crippen molar-refractivity contribution in [3.63, 3.8) is 0 Å². The van der Waals surface area contributed by atoms with Crippen LogP contribution >= 0.6 is 0 Å². The molecule has 0 aliphatic rings. The first-order valence-corrected chi connectivity index (χ1v) is 8.87. The number of benzene rings is 2. The summed E-state index contributed by atoms with van der Waals surface area (Å²) in [5, 5.41) is 4.25. The molecule has 0 atom stereocenters. The first-order chi connectivity index (χ1) is 13.9. The van der Waals surface area contributed by atoms with Gasteiger partial charge < -0.3 is 15.2 Å². The number of nitrogens with two attached hydrogens (primary N) is 1. The van der Waals surface area contributed by atoms with Crippen LogP contribution in [0.5, 0.6) is 11.5 Å². The van der Waals surface area contributed by atoms with Crippen LogP contribution in [-0.4, -0.2) is 34.2 Å². The van der Waals surface area contributed by atoms with Gasteiger partial charge in [-0.1, -0.05) is 0 Å². The number of rotatable bonds is 4. The average Bonchev–Trinajstić information content (AvgIpc) is 2.68. The van der Waals surface area contributed by atoms with Crippen LogP contribution in [0.2, 0.25) is 0 Å². The molecule has 0 aliphatic carbocycles. The van der Waals surface area contributed by atoms with E-state index >= 15 is 0 Å². The van der Waals surface area contributed by atoms with Crippen LogP contribution in [-0.2, 0) is 0 Å². The summed E-state index contributed by atoms with van der Waals surface area (Å²) in [6, 6.07) is 6.98. The van der Waals surface area contributed by atoms with Crippen molar-refractivity contribution in [2.75, 3.05) is 25.3 Å². The number of nitrogen functional groups attached to an aromatic ring is 1. The first kappa shape index (κ1) is 18.5. The Morgan fingerprint density at radius 2 is 1.69 bits per heavy atom. The van der Waals surface area contributed by atoms with Crippen molar-refractivity contribution in [2.45, 2.75) is 13.8 Å². The van der Waals surface area contributed by atoms with Gasteiger partial charge >= 0.3 is 0 Å². The second-order valence-corrected chi connectivity index (χ2v) is 6.63. The molecule has 0 saturated carbocycles. The summed E-state index contributed by atoms with van der Waals surface area (Å²) >= 11 is 0. The molecule has 9 heteroatoms. The number of aromatic amines is 1. The molecule has 4 rings (SSSR count). The topological polar surface area (TPSA) is 128 Å². The van der Waals surface area contributed by atoms with E-state index in [4.69, 9.17) is 15.2 Å². The number of aryl methyl sites for hydroxylation is 2. The van der Waals surface area contributed by atoms with E-state index in [0.29, 0.717) is 39.6 Å². The summed E-state index contributed by atoms with van der Waals surface area (Å²) in [7, 11) is 3.14. The minimum absolute atomic E-state index is 0.245. The summed E-state index contributed by atoms with van der Waals surface area (Å²) in [6.07, 6.45) is 0. The summed E-state index contributed by atoms with van der Waals surface area (Å²) in [5.41, 5.74) is 8.84. The summed E-state index contributed by atoms with van der Waals surface area (Å²) < 4.78 is 10.7. The molecule has 0 spiro atoms. The van der Waals surface area contributed by atoms with Gasteiger partial charge in [-0.2, -0.15) is 0 Å². The lowest BCUT2D eigenvalue weighted by molar-refractivity contribution is 0.355. The maximum absolute atomic E-state index is 12.5. The lowest BCUT2D eigenvalue weighted by Crippen LogP contribution is -2.13. The Morgan fingerprint density at radius 3 is 2.41 bits per heavy atom. The molecule has 4 aromatic rings. The van der Waals surface area contributed by atoms with Crippen LogP contribution < -0.4 is 26.1 Å². The van der Waals surface area contributed by atoms with Crippen molar-refractivity contribution in [3.05, 3.63) is 45.9 Å². The Morgan fingerprint density at radius 1 is 0.966 bits per heavy atom. The highest BCUT2D eigenvalue weighted by Gasteiger charge is 2.13. The van der Waals surface area contributed by atoms with E-state index in [2.05, 4.69) is 25.3 Å². The largest absolute Gasteiger partial charge is 0.493 e. The third-order valence-corrected chi connectivity index (χ3v) is 4.64. The average molecular weight is 392 g/mol. The normalized spacial score (nSPS) is 11.0. The van der Waals surface area contributed by atoms with E-state index < -0.39 is 0 Å². The molecule has 4 N–H and O–H groups in total. The summed E-state index contributed by atoms with van der Waals surface area (Å²) in [4.78, 5) is 28.7. The molecule has 2 heterocycles. The Kier molecular flexibility index (Phi) is 4.42. The molecular weight excluding hydrogens is 372 g/mol. The monoisotopic (exact) mass is 392 g/mol. The predicted octanol–water partition coefficient (Wildman–Crippen LogP) is 2.83. The van der Waals surface area contributed by atoms with Gasteiger partial charge in [0.05, 0.1) is 36.3 Å². The fraction of sp³-hybridized carbons (Fsp3) is 0.200. The Balaban J connectivity index is 1.81. The quantitative estimate of drug-likeness (QED) is 0.452. The van der Waals surface area contributed by atoms with Crippen LogP contribution in [0, 0.1) is 13.8 Å². The number of ether oxygens (including phenoxy) is 2. The number of nitrogens with one attached hydrogen (secondary N) is 2. The maximum Gasteiger partial charge on any atom is 0.260 e. The minimum atomic E-state index is -0.295. The van der Waals surface area contributed by atoms with Gasteiger partial charge in [-0.25, -0.2) is 15.0 Å². The fourth-order valence-corrected chi connectivity index (χ4v) is 3.27. The highest BCUT2D eigenvalue weighted by Crippen LogP contribution is 2.33. The molecule has 0 saturated heterocycles. The SMILES string of the molecule is COc1cc2nc(Nc3nc4c(C)cc(N)cc4c(=O)[nH]3)nc(C)c2cc1OC. The second kappa shape index (κ2) is 6.93. The van der Waals surface area contributed by atoms with E-state index in [9.17, 15) is 4.79 Å². The fourth-order valence-electron chi connectivity index (χ4n) is 3.27. The van der Waals surface area contributed by atoms with Crippen LogP contribution in [0.25, 0.3) is 21.8 Å². The van der Waals surface area contributed by atoms with Crippen LogP contribution in [0.3, 0.4) is 0 Å². The van der Waals surface area contributed by atoms with Crippen LogP contribution in [0.1, 0.15) is 11.3 Å². The molecule has 0 aliphatic heterocycles. The number of hydrogen-bond acceptors (Lipinski definition) is 8. The van der Waals surface area contributed by atoms with Gasteiger partial charge in [0.2, 0.25) is 11.9 Å². The Labute approximate surface area is 165 Å². The third kappa shape index (κ3) is 3.27. The molecule has 0 amide bonds. The third-order valence-electron chi connectivity index (χ3n) is 4.64. The predicted molar refractivity (Wildman–Crippen MR) is 112 cm³/mol. The van der Waals surface area contributed by atoms with Crippen LogP contribution in [0.4, 0.5) is 17.6 Å². The number of methoxy groups -OCH3 is 2. The highest BCUT2D eigenvalue weighted by atomic mass is 16.5. The number of nitrogens with zero attached hydrogens (tertiary/aromatic N) is 3. The van der Waals surface area contributed by atoms with Crippen molar-refractivity contribution >= 4 is 39.4 Å². The number of hydrogen-bond donors (Lipinski definition) is 3. The molecule has 148 valence electrons. The summed E-state index contributed by atoms with van der Waals surface area (Å²) in [6.45, 7) is 3.72.